The summed E-state index contributed by atoms with van der Waals surface area (Å²) in [4.78, 5) is 23.4. The van der Waals surface area contributed by atoms with Gasteiger partial charge in [-0.3, -0.25) is 4.98 Å². The number of morpholine rings is 1. The molecule has 0 saturated carbocycles. The summed E-state index contributed by atoms with van der Waals surface area (Å²) in [5, 5.41) is 3.41. The minimum Gasteiger partial charge on any atom is -0.378 e. The number of hydrogen-bond acceptors (Lipinski definition) is 7. The number of aromatic nitrogens is 5. The Bertz CT molecular complexity index is 1110. The Labute approximate surface area is 174 Å². The number of hydrogen-bond donors (Lipinski definition) is 2. The van der Waals surface area contributed by atoms with Crippen molar-refractivity contribution in [2.75, 3.05) is 43.1 Å². The lowest BCUT2D eigenvalue weighted by Gasteiger charge is -2.28. The SMILES string of the molecule is c1cnc2c(NCCc3c[nH]cn3)nc(-c3ccc(N4CCOCC4)cc3)cc2n1. The number of rotatable bonds is 6. The fourth-order valence-electron chi connectivity index (χ4n) is 3.64. The van der Waals surface area contributed by atoms with E-state index in [0.29, 0.717) is 6.54 Å². The largest absolute Gasteiger partial charge is 0.378 e. The molecule has 0 spiro atoms. The first-order chi connectivity index (χ1) is 14.9. The lowest BCUT2D eigenvalue weighted by Crippen LogP contribution is -2.36. The molecule has 0 bridgehead atoms. The van der Waals surface area contributed by atoms with Crippen LogP contribution in [-0.2, 0) is 11.2 Å². The number of imidazole rings is 1. The zero-order valence-electron chi connectivity index (χ0n) is 16.6. The van der Waals surface area contributed by atoms with Gasteiger partial charge in [-0.05, 0) is 18.2 Å². The second-order valence-corrected chi connectivity index (χ2v) is 7.16. The van der Waals surface area contributed by atoms with Crippen LogP contribution >= 0.6 is 0 Å². The van der Waals surface area contributed by atoms with Crippen molar-refractivity contribution in [1.29, 1.82) is 0 Å². The summed E-state index contributed by atoms with van der Waals surface area (Å²) in [6, 6.07) is 10.5. The van der Waals surface area contributed by atoms with Crippen molar-refractivity contribution in [1.82, 2.24) is 24.9 Å². The number of pyridine rings is 1. The summed E-state index contributed by atoms with van der Waals surface area (Å²) in [6.45, 7) is 4.11. The third kappa shape index (κ3) is 3.95. The average Bonchev–Trinajstić information content (AvgIpc) is 3.33. The molecule has 0 radical (unpaired) electrons. The number of nitrogens with one attached hydrogen (secondary N) is 2. The molecule has 152 valence electrons. The Morgan fingerprint density at radius 3 is 2.67 bits per heavy atom. The van der Waals surface area contributed by atoms with Crippen molar-refractivity contribution in [2.45, 2.75) is 6.42 Å². The second kappa shape index (κ2) is 8.46. The molecule has 1 aliphatic rings. The number of benzene rings is 1. The van der Waals surface area contributed by atoms with Crippen molar-refractivity contribution >= 4 is 22.5 Å². The van der Waals surface area contributed by atoms with Crippen LogP contribution in [0.3, 0.4) is 0 Å². The summed E-state index contributed by atoms with van der Waals surface area (Å²) in [5.41, 5.74) is 5.73. The zero-order valence-corrected chi connectivity index (χ0v) is 16.6. The Balaban J connectivity index is 1.41. The van der Waals surface area contributed by atoms with E-state index in [0.717, 1.165) is 66.5 Å². The van der Waals surface area contributed by atoms with Crippen molar-refractivity contribution in [3.8, 4) is 11.3 Å². The molecular formula is C22H23N7O. The molecule has 1 fully saturated rings. The highest BCUT2D eigenvalue weighted by Gasteiger charge is 2.13. The van der Waals surface area contributed by atoms with Gasteiger partial charge in [0.2, 0.25) is 0 Å². The van der Waals surface area contributed by atoms with Crippen LogP contribution in [0.1, 0.15) is 5.69 Å². The number of fused-ring (bicyclic) bond motifs is 1. The van der Waals surface area contributed by atoms with Crippen LogP contribution in [0.15, 0.2) is 55.2 Å². The van der Waals surface area contributed by atoms with Gasteiger partial charge >= 0.3 is 0 Å². The molecule has 0 unspecified atom stereocenters. The first-order valence-electron chi connectivity index (χ1n) is 10.1. The molecule has 3 aromatic heterocycles. The third-order valence-corrected chi connectivity index (χ3v) is 5.22. The standard InChI is InChI=1S/C22H23N7O/c1-3-18(29-9-11-30-12-10-29)4-2-16(1)19-13-20-21(25-8-7-24-20)22(28-19)26-6-5-17-14-23-15-27-17/h1-4,7-8,13-15H,5-6,9-12H2,(H,23,27)(H,26,28). The van der Waals surface area contributed by atoms with Crippen LogP contribution in [0.4, 0.5) is 11.5 Å². The fraction of sp³-hybridized carbons (Fsp3) is 0.273. The van der Waals surface area contributed by atoms with E-state index in [1.54, 1.807) is 18.7 Å². The third-order valence-electron chi connectivity index (χ3n) is 5.22. The minimum absolute atomic E-state index is 0.711. The molecule has 0 atom stereocenters. The van der Waals surface area contributed by atoms with E-state index in [1.165, 1.54) is 5.69 Å². The summed E-state index contributed by atoms with van der Waals surface area (Å²) >= 11 is 0. The van der Waals surface area contributed by atoms with Gasteiger partial charge in [0.1, 0.15) is 5.52 Å². The first kappa shape index (κ1) is 18.5. The van der Waals surface area contributed by atoms with Gasteiger partial charge in [0.15, 0.2) is 5.82 Å². The molecule has 30 heavy (non-hydrogen) atoms. The van der Waals surface area contributed by atoms with E-state index in [9.17, 15) is 0 Å². The number of nitrogens with zero attached hydrogens (tertiary/aromatic N) is 5. The normalized spacial score (nSPS) is 14.2. The van der Waals surface area contributed by atoms with Gasteiger partial charge in [-0.15, -0.1) is 0 Å². The van der Waals surface area contributed by atoms with E-state index < -0.39 is 0 Å². The molecule has 4 aromatic rings. The van der Waals surface area contributed by atoms with Crippen LogP contribution in [-0.4, -0.2) is 57.8 Å². The van der Waals surface area contributed by atoms with Crippen molar-refractivity contribution < 1.29 is 4.74 Å². The van der Waals surface area contributed by atoms with Crippen molar-refractivity contribution in [3.63, 3.8) is 0 Å². The van der Waals surface area contributed by atoms with Gasteiger partial charge in [-0.25, -0.2) is 15.0 Å². The van der Waals surface area contributed by atoms with Gasteiger partial charge in [0, 0.05) is 55.9 Å². The molecule has 0 amide bonds. The molecular weight excluding hydrogens is 378 g/mol. The molecule has 5 rings (SSSR count). The van der Waals surface area contributed by atoms with Gasteiger partial charge in [-0.2, -0.15) is 0 Å². The maximum absolute atomic E-state index is 5.45. The topological polar surface area (TPSA) is 91.9 Å². The number of aromatic amines is 1. The predicted molar refractivity (Wildman–Crippen MR) is 117 cm³/mol. The van der Waals surface area contributed by atoms with E-state index in [1.807, 2.05) is 12.3 Å². The smallest absolute Gasteiger partial charge is 0.154 e. The monoisotopic (exact) mass is 401 g/mol. The van der Waals surface area contributed by atoms with Gasteiger partial charge in [0.25, 0.3) is 0 Å². The van der Waals surface area contributed by atoms with Crippen LogP contribution in [0.25, 0.3) is 22.3 Å². The maximum Gasteiger partial charge on any atom is 0.154 e. The second-order valence-electron chi connectivity index (χ2n) is 7.16. The lowest BCUT2D eigenvalue weighted by molar-refractivity contribution is 0.122. The molecule has 0 aliphatic carbocycles. The van der Waals surface area contributed by atoms with Crippen LogP contribution in [0, 0.1) is 0 Å². The predicted octanol–water partition coefficient (Wildman–Crippen LogP) is 2.91. The molecule has 8 heteroatoms. The molecule has 1 aromatic carbocycles. The quantitative estimate of drug-likeness (QED) is 0.513. The molecule has 1 saturated heterocycles. The Kier molecular flexibility index (Phi) is 5.22. The summed E-state index contributed by atoms with van der Waals surface area (Å²) in [7, 11) is 0. The number of H-pyrrole nitrogens is 1. The molecule has 4 heterocycles. The van der Waals surface area contributed by atoms with Crippen LogP contribution in [0.5, 0.6) is 0 Å². The summed E-state index contributed by atoms with van der Waals surface area (Å²) in [6.07, 6.45) is 7.79. The van der Waals surface area contributed by atoms with Crippen molar-refractivity contribution in [2.24, 2.45) is 0 Å². The number of ether oxygens (including phenoxy) is 1. The highest BCUT2D eigenvalue weighted by atomic mass is 16.5. The molecule has 2 N–H and O–H groups in total. The molecule has 1 aliphatic heterocycles. The zero-order chi connectivity index (χ0) is 20.2. The van der Waals surface area contributed by atoms with Gasteiger partial charge in [-0.1, -0.05) is 12.1 Å². The Morgan fingerprint density at radius 2 is 1.87 bits per heavy atom. The number of anilines is 2. The summed E-state index contributed by atoms with van der Waals surface area (Å²) in [5.74, 6) is 0.739. The van der Waals surface area contributed by atoms with Crippen molar-refractivity contribution in [3.05, 3.63) is 60.9 Å². The van der Waals surface area contributed by atoms with Gasteiger partial charge in [0.05, 0.1) is 36.4 Å². The van der Waals surface area contributed by atoms with E-state index >= 15 is 0 Å². The maximum atomic E-state index is 5.45. The first-order valence-corrected chi connectivity index (χ1v) is 10.1. The Hall–Kier alpha value is -3.52. The summed E-state index contributed by atoms with van der Waals surface area (Å²) < 4.78 is 5.45. The van der Waals surface area contributed by atoms with Crippen LogP contribution in [0.2, 0.25) is 0 Å². The highest BCUT2D eigenvalue weighted by molar-refractivity contribution is 5.88. The fourth-order valence-corrected chi connectivity index (χ4v) is 3.64. The molecule has 8 nitrogen and oxygen atoms in total. The lowest BCUT2D eigenvalue weighted by atomic mass is 10.1. The van der Waals surface area contributed by atoms with Gasteiger partial charge < -0.3 is 19.9 Å². The Morgan fingerprint density at radius 1 is 1.03 bits per heavy atom. The minimum atomic E-state index is 0.711. The average molecular weight is 401 g/mol. The van der Waals surface area contributed by atoms with E-state index in [4.69, 9.17) is 9.72 Å². The van der Waals surface area contributed by atoms with E-state index in [-0.39, 0.29) is 0 Å². The van der Waals surface area contributed by atoms with Crippen LogP contribution < -0.4 is 10.2 Å². The highest BCUT2D eigenvalue weighted by Crippen LogP contribution is 2.27. The van der Waals surface area contributed by atoms with E-state index in [2.05, 4.69) is 54.4 Å².